The van der Waals surface area contributed by atoms with Gasteiger partial charge in [0.05, 0.1) is 0 Å². The van der Waals surface area contributed by atoms with Crippen LogP contribution in [0.2, 0.25) is 0 Å². The predicted octanol–water partition coefficient (Wildman–Crippen LogP) is 1.07. The number of hydrogen-bond donors (Lipinski definition) is 2. The second-order valence-electron chi connectivity index (χ2n) is 6.39. The van der Waals surface area contributed by atoms with Gasteiger partial charge in [0.25, 0.3) is 11.5 Å². The van der Waals surface area contributed by atoms with Gasteiger partial charge in [0, 0.05) is 43.3 Å². The first-order valence-corrected chi connectivity index (χ1v) is 8.11. The number of aromatic nitrogens is 3. The molecular formula is C18H19FN4O3. The molecule has 2 N–H and O–H groups in total. The number of halogens is 1. The average molecular weight is 358 g/mol. The molecule has 1 amide bonds. The van der Waals surface area contributed by atoms with E-state index in [1.54, 1.807) is 13.0 Å². The summed E-state index contributed by atoms with van der Waals surface area (Å²) in [4.78, 5) is 37.9. The first-order chi connectivity index (χ1) is 12.3. The van der Waals surface area contributed by atoms with E-state index in [2.05, 4.69) is 10.3 Å². The van der Waals surface area contributed by atoms with Gasteiger partial charge >= 0.3 is 5.69 Å². The van der Waals surface area contributed by atoms with E-state index in [1.807, 2.05) is 17.8 Å². The zero-order valence-corrected chi connectivity index (χ0v) is 14.7. The van der Waals surface area contributed by atoms with Crippen LogP contribution in [0.5, 0.6) is 0 Å². The third-order valence-electron chi connectivity index (χ3n) is 4.33. The molecule has 1 aromatic carbocycles. The summed E-state index contributed by atoms with van der Waals surface area (Å²) >= 11 is 0. The van der Waals surface area contributed by atoms with Gasteiger partial charge in [-0.1, -0.05) is 0 Å². The largest absolute Gasteiger partial charge is 0.350 e. The molecule has 7 nitrogen and oxygen atoms in total. The van der Waals surface area contributed by atoms with Crippen LogP contribution in [-0.2, 0) is 20.5 Å². The molecule has 0 bridgehead atoms. The van der Waals surface area contributed by atoms with Crippen LogP contribution in [0.15, 0.2) is 40.1 Å². The minimum absolute atomic E-state index is 0.0890. The number of benzene rings is 1. The van der Waals surface area contributed by atoms with Gasteiger partial charge < -0.3 is 14.9 Å². The van der Waals surface area contributed by atoms with Gasteiger partial charge in [-0.2, -0.15) is 0 Å². The molecule has 2 heterocycles. The van der Waals surface area contributed by atoms with E-state index in [1.165, 1.54) is 19.2 Å². The van der Waals surface area contributed by atoms with Crippen molar-refractivity contribution in [2.45, 2.75) is 19.4 Å². The van der Waals surface area contributed by atoms with Gasteiger partial charge in [0.1, 0.15) is 11.5 Å². The zero-order chi connectivity index (χ0) is 19.0. The summed E-state index contributed by atoms with van der Waals surface area (Å²) in [6, 6.07) is 5.38. The maximum Gasteiger partial charge on any atom is 0.328 e. The Morgan fingerprint density at radius 1 is 1.27 bits per heavy atom. The summed E-state index contributed by atoms with van der Waals surface area (Å²) in [5, 5.41) is 3.53. The average Bonchev–Trinajstić information content (AvgIpc) is 2.87. The van der Waals surface area contributed by atoms with E-state index >= 15 is 0 Å². The van der Waals surface area contributed by atoms with Crippen LogP contribution in [0, 0.1) is 5.82 Å². The molecule has 3 aromatic rings. The Balaban J connectivity index is 1.80. The molecule has 1 atom stereocenters. The Hall–Kier alpha value is -3.16. The van der Waals surface area contributed by atoms with Gasteiger partial charge in [-0.15, -0.1) is 0 Å². The molecule has 3 rings (SSSR count). The molecule has 0 saturated heterocycles. The molecule has 0 aliphatic rings. The molecule has 0 unspecified atom stereocenters. The van der Waals surface area contributed by atoms with Gasteiger partial charge in [-0.25, -0.2) is 9.18 Å². The van der Waals surface area contributed by atoms with Crippen LogP contribution in [-0.4, -0.2) is 26.1 Å². The normalized spacial score (nSPS) is 12.3. The van der Waals surface area contributed by atoms with E-state index in [4.69, 9.17) is 0 Å². The molecule has 0 radical (unpaired) electrons. The van der Waals surface area contributed by atoms with Crippen LogP contribution in [0.1, 0.15) is 23.0 Å². The van der Waals surface area contributed by atoms with E-state index in [9.17, 15) is 18.8 Å². The smallest absolute Gasteiger partial charge is 0.328 e. The first-order valence-electron chi connectivity index (χ1n) is 8.11. The summed E-state index contributed by atoms with van der Waals surface area (Å²) in [7, 11) is 3.20. The molecule has 26 heavy (non-hydrogen) atoms. The van der Waals surface area contributed by atoms with Gasteiger partial charge in [0.15, 0.2) is 0 Å². The van der Waals surface area contributed by atoms with E-state index in [0.717, 1.165) is 27.1 Å². The van der Waals surface area contributed by atoms with E-state index in [0.29, 0.717) is 6.42 Å². The number of nitrogens with one attached hydrogen (secondary N) is 2. The third kappa shape index (κ3) is 3.30. The molecule has 0 aliphatic heterocycles. The van der Waals surface area contributed by atoms with Gasteiger partial charge in [-0.05, 0) is 37.1 Å². The highest BCUT2D eigenvalue weighted by Gasteiger charge is 2.15. The van der Waals surface area contributed by atoms with Crippen molar-refractivity contribution in [3.8, 4) is 0 Å². The Labute approximate surface area is 148 Å². The van der Waals surface area contributed by atoms with Gasteiger partial charge in [0.2, 0.25) is 0 Å². The van der Waals surface area contributed by atoms with Crippen molar-refractivity contribution < 1.29 is 9.18 Å². The van der Waals surface area contributed by atoms with Crippen LogP contribution in [0.25, 0.3) is 10.9 Å². The van der Waals surface area contributed by atoms with E-state index < -0.39 is 17.2 Å². The molecule has 2 aromatic heterocycles. The number of rotatable bonds is 4. The summed E-state index contributed by atoms with van der Waals surface area (Å²) in [5.41, 5.74) is 0.493. The number of hydrogen-bond acceptors (Lipinski definition) is 3. The number of H-pyrrole nitrogens is 1. The topological polar surface area (TPSA) is 88.9 Å². The van der Waals surface area contributed by atoms with Crippen molar-refractivity contribution in [3.05, 3.63) is 68.4 Å². The second-order valence-corrected chi connectivity index (χ2v) is 6.39. The number of carbonyl (C=O) groups excluding carboxylic acids is 1. The Morgan fingerprint density at radius 3 is 2.69 bits per heavy atom. The van der Waals surface area contributed by atoms with Crippen molar-refractivity contribution in [2.24, 2.45) is 14.1 Å². The van der Waals surface area contributed by atoms with E-state index in [-0.39, 0.29) is 17.6 Å². The van der Waals surface area contributed by atoms with Crippen LogP contribution in [0.4, 0.5) is 4.39 Å². The highest BCUT2D eigenvalue weighted by atomic mass is 19.1. The molecule has 0 spiro atoms. The summed E-state index contributed by atoms with van der Waals surface area (Å²) in [5.74, 6) is -0.863. The molecule has 0 aliphatic carbocycles. The SMILES string of the molecule is C[C@H](Cc1cn(C)c2ccc(F)cc12)NC(=O)c1cc(=O)n(C)c(=O)[nH]1. The highest BCUT2D eigenvalue weighted by Crippen LogP contribution is 2.22. The summed E-state index contributed by atoms with van der Waals surface area (Å²) in [6.45, 7) is 1.80. The number of carbonyl (C=O) groups is 1. The van der Waals surface area contributed by atoms with Crippen molar-refractivity contribution in [1.82, 2.24) is 19.4 Å². The second kappa shape index (κ2) is 6.62. The fraction of sp³-hybridized carbons (Fsp3) is 0.278. The molecule has 8 heteroatoms. The Bertz CT molecular complexity index is 1080. The van der Waals surface area contributed by atoms with Crippen LogP contribution >= 0.6 is 0 Å². The zero-order valence-electron chi connectivity index (χ0n) is 14.7. The van der Waals surface area contributed by atoms with Crippen molar-refractivity contribution in [1.29, 1.82) is 0 Å². The maximum absolute atomic E-state index is 13.6. The van der Waals surface area contributed by atoms with Gasteiger partial charge in [-0.3, -0.25) is 14.2 Å². The lowest BCUT2D eigenvalue weighted by Gasteiger charge is -2.13. The Kier molecular flexibility index (Phi) is 4.50. The lowest BCUT2D eigenvalue weighted by atomic mass is 10.1. The quantitative estimate of drug-likeness (QED) is 0.731. The fourth-order valence-electron chi connectivity index (χ4n) is 2.97. The maximum atomic E-state index is 13.6. The monoisotopic (exact) mass is 358 g/mol. The first kappa shape index (κ1) is 17.7. The lowest BCUT2D eigenvalue weighted by Crippen LogP contribution is -2.39. The molecular weight excluding hydrogens is 339 g/mol. The van der Waals surface area contributed by atoms with Crippen LogP contribution < -0.4 is 16.6 Å². The number of aromatic amines is 1. The number of amides is 1. The number of aryl methyl sites for hydroxylation is 1. The minimum atomic E-state index is -0.653. The fourth-order valence-corrected chi connectivity index (χ4v) is 2.97. The third-order valence-corrected chi connectivity index (χ3v) is 4.33. The molecule has 136 valence electrons. The predicted molar refractivity (Wildman–Crippen MR) is 95.8 cm³/mol. The number of nitrogens with zero attached hydrogens (tertiary/aromatic N) is 2. The minimum Gasteiger partial charge on any atom is -0.350 e. The molecule has 0 fully saturated rings. The van der Waals surface area contributed by atoms with Crippen molar-refractivity contribution in [2.75, 3.05) is 0 Å². The summed E-state index contributed by atoms with van der Waals surface area (Å²) < 4.78 is 16.3. The van der Waals surface area contributed by atoms with Crippen molar-refractivity contribution >= 4 is 16.8 Å². The Morgan fingerprint density at radius 2 is 2.00 bits per heavy atom. The summed E-state index contributed by atoms with van der Waals surface area (Å²) in [6.07, 6.45) is 2.37. The standard InChI is InChI=1S/C18H19FN4O3/c1-10(20-17(25)14-8-16(24)23(3)18(26)21-14)6-11-9-22(2)15-5-4-12(19)7-13(11)15/h4-5,7-10H,6H2,1-3H3,(H,20,25)(H,21,26)/t10-/m1/s1. The van der Waals surface area contributed by atoms with Crippen LogP contribution in [0.3, 0.4) is 0 Å². The lowest BCUT2D eigenvalue weighted by molar-refractivity contribution is 0.0934. The molecule has 0 saturated carbocycles. The highest BCUT2D eigenvalue weighted by molar-refractivity contribution is 5.92. The number of fused-ring (bicyclic) bond motifs is 1. The van der Waals surface area contributed by atoms with Crippen molar-refractivity contribution in [3.63, 3.8) is 0 Å².